The monoisotopic (exact) mass is 527 g/mol. The van der Waals surface area contributed by atoms with Gasteiger partial charge in [0, 0.05) is 38.2 Å². The lowest BCUT2D eigenvalue weighted by Crippen LogP contribution is -2.39. The molecule has 0 radical (unpaired) electrons. The Kier molecular flexibility index (Phi) is 11.7. The van der Waals surface area contributed by atoms with Gasteiger partial charge in [-0.1, -0.05) is 108 Å². The minimum atomic E-state index is -1.36. The maximum atomic E-state index is 8.65. The van der Waals surface area contributed by atoms with Crippen LogP contribution in [0.5, 0.6) is 0 Å². The second kappa shape index (κ2) is 15.7. The Morgan fingerprint density at radius 1 is 0.564 bits per heavy atom. The van der Waals surface area contributed by atoms with Crippen molar-refractivity contribution >= 4 is 17.1 Å². The van der Waals surface area contributed by atoms with Gasteiger partial charge in [0.05, 0.1) is 19.8 Å². The van der Waals surface area contributed by atoms with Gasteiger partial charge in [0.1, 0.15) is 0 Å². The molecule has 0 unspecified atom stereocenters. The molecule has 0 saturated heterocycles. The van der Waals surface area contributed by atoms with E-state index in [0.717, 1.165) is 36.0 Å². The zero-order valence-electron chi connectivity index (χ0n) is 21.6. The Bertz CT molecular complexity index is 1170. The fraction of sp³-hybridized carbons (Fsp3) is 0.333. The highest BCUT2D eigenvalue weighted by Crippen LogP contribution is 2.29. The first-order valence-corrected chi connectivity index (χ1v) is 12.4. The highest BCUT2D eigenvalue weighted by molar-refractivity contribution is 5.40. The summed E-state index contributed by atoms with van der Waals surface area (Å²) in [6, 6.07) is 21.2. The Labute approximate surface area is 226 Å². The van der Waals surface area contributed by atoms with Crippen molar-refractivity contribution in [3.05, 3.63) is 121 Å². The molecule has 12 heteroatoms. The van der Waals surface area contributed by atoms with Crippen molar-refractivity contribution in [2.24, 2.45) is 15.3 Å². The fourth-order valence-corrected chi connectivity index (χ4v) is 3.64. The third kappa shape index (κ3) is 9.70. The molecular formula is C27H29N9O3. The molecule has 3 rings (SSSR count). The fourth-order valence-electron chi connectivity index (χ4n) is 3.64. The lowest BCUT2D eigenvalue weighted by molar-refractivity contribution is -0.397. The summed E-state index contributed by atoms with van der Waals surface area (Å²) in [5, 5.41) is 10.8. The van der Waals surface area contributed by atoms with Crippen molar-refractivity contribution in [1.82, 2.24) is 0 Å². The van der Waals surface area contributed by atoms with Gasteiger partial charge in [0.2, 0.25) is 0 Å². The number of benzene rings is 3. The first kappa shape index (κ1) is 29.0. The van der Waals surface area contributed by atoms with Crippen LogP contribution in [0.15, 0.2) is 88.1 Å². The molecule has 0 spiro atoms. The van der Waals surface area contributed by atoms with E-state index in [2.05, 4.69) is 37.0 Å². The second-order valence-electron chi connectivity index (χ2n) is 8.57. The van der Waals surface area contributed by atoms with Crippen LogP contribution >= 0.6 is 0 Å². The predicted molar refractivity (Wildman–Crippen MR) is 147 cm³/mol. The number of unbranched alkanes of at least 4 members (excludes halogenated alkanes) is 2. The van der Waals surface area contributed by atoms with Crippen molar-refractivity contribution in [2.45, 2.75) is 58.4 Å². The van der Waals surface area contributed by atoms with Crippen LogP contribution in [0.1, 0.15) is 49.3 Å². The van der Waals surface area contributed by atoms with Crippen LogP contribution < -0.4 is 0 Å². The van der Waals surface area contributed by atoms with E-state index in [4.69, 9.17) is 30.8 Å². The zero-order valence-corrected chi connectivity index (χ0v) is 21.6. The summed E-state index contributed by atoms with van der Waals surface area (Å²) in [5.41, 5.74) is 30.1. The molecule has 0 saturated carbocycles. The van der Waals surface area contributed by atoms with Crippen molar-refractivity contribution in [1.29, 1.82) is 0 Å². The summed E-state index contributed by atoms with van der Waals surface area (Å²) in [4.78, 5) is 8.42. The van der Waals surface area contributed by atoms with Gasteiger partial charge in [0.25, 0.3) is 5.97 Å². The van der Waals surface area contributed by atoms with Crippen LogP contribution in [-0.2, 0) is 34.0 Å². The van der Waals surface area contributed by atoms with E-state index < -0.39 is 5.97 Å². The average molecular weight is 528 g/mol. The van der Waals surface area contributed by atoms with Gasteiger partial charge < -0.3 is 14.2 Å². The summed E-state index contributed by atoms with van der Waals surface area (Å²) in [6.07, 6.45) is 3.29. The second-order valence-corrected chi connectivity index (χ2v) is 8.57. The maximum absolute atomic E-state index is 8.65. The van der Waals surface area contributed by atoms with E-state index in [-0.39, 0.29) is 19.8 Å². The molecule has 0 aliphatic rings. The van der Waals surface area contributed by atoms with Gasteiger partial charge in [-0.15, -0.1) is 0 Å². The van der Waals surface area contributed by atoms with Gasteiger partial charge in [-0.3, -0.25) is 0 Å². The van der Waals surface area contributed by atoms with Crippen molar-refractivity contribution in [3.63, 3.8) is 0 Å². The molecule has 0 atom stereocenters. The molecular weight excluding hydrogens is 498 g/mol. The largest absolute Gasteiger partial charge is 0.323 e. The Morgan fingerprint density at radius 3 is 1.18 bits per heavy atom. The topological polar surface area (TPSA) is 174 Å². The summed E-state index contributed by atoms with van der Waals surface area (Å²) in [5.74, 6) is -1.36. The lowest BCUT2D eigenvalue weighted by Gasteiger charge is -2.34. The molecule has 0 heterocycles. The van der Waals surface area contributed by atoms with Gasteiger partial charge in [-0.05, 0) is 39.7 Å². The summed E-state index contributed by atoms with van der Waals surface area (Å²) < 4.78 is 19.0. The maximum Gasteiger partial charge on any atom is 0.283 e. The zero-order chi connectivity index (χ0) is 27.8. The third-order valence-electron chi connectivity index (χ3n) is 5.75. The van der Waals surface area contributed by atoms with E-state index in [9.17, 15) is 0 Å². The molecule has 0 amide bonds. The van der Waals surface area contributed by atoms with E-state index in [1.54, 1.807) is 36.4 Å². The number of azide groups is 3. The molecule has 200 valence electrons. The van der Waals surface area contributed by atoms with Crippen molar-refractivity contribution in [2.75, 3.05) is 0 Å². The van der Waals surface area contributed by atoms with Crippen LogP contribution in [0.25, 0.3) is 31.3 Å². The van der Waals surface area contributed by atoms with Crippen LogP contribution in [0.2, 0.25) is 0 Å². The van der Waals surface area contributed by atoms with E-state index in [0.29, 0.717) is 23.5 Å². The van der Waals surface area contributed by atoms with Crippen LogP contribution in [0.4, 0.5) is 17.1 Å². The lowest BCUT2D eigenvalue weighted by atomic mass is 10.1. The highest BCUT2D eigenvalue weighted by atomic mass is 16.9. The van der Waals surface area contributed by atoms with Crippen LogP contribution in [0.3, 0.4) is 0 Å². The number of hydrogen-bond acceptors (Lipinski definition) is 6. The molecule has 0 aliphatic carbocycles. The summed E-state index contributed by atoms with van der Waals surface area (Å²) in [6.45, 7) is 2.73. The van der Waals surface area contributed by atoms with Crippen LogP contribution in [-0.4, -0.2) is 5.97 Å². The smallest absolute Gasteiger partial charge is 0.283 e. The normalized spacial score (nSPS) is 11.9. The van der Waals surface area contributed by atoms with Gasteiger partial charge in [0.15, 0.2) is 0 Å². The first-order chi connectivity index (χ1) is 19.1. The van der Waals surface area contributed by atoms with Gasteiger partial charge in [-0.2, -0.15) is 0 Å². The Balaban J connectivity index is 1.82. The van der Waals surface area contributed by atoms with E-state index in [1.165, 1.54) is 0 Å². The predicted octanol–water partition coefficient (Wildman–Crippen LogP) is 9.70. The molecule has 12 nitrogen and oxygen atoms in total. The molecule has 0 aliphatic heterocycles. The van der Waals surface area contributed by atoms with Gasteiger partial charge in [-0.25, -0.2) is 0 Å². The van der Waals surface area contributed by atoms with Crippen molar-refractivity contribution in [3.8, 4) is 0 Å². The molecule has 0 N–H and O–H groups in total. The molecule has 3 aromatic rings. The quantitative estimate of drug-likeness (QED) is 0.0593. The number of rotatable bonds is 16. The van der Waals surface area contributed by atoms with E-state index in [1.807, 2.05) is 36.4 Å². The molecule has 39 heavy (non-hydrogen) atoms. The SMILES string of the molecule is CCCCCC(OCc1ccc(N=[N+]=[N-])cc1)(OCc1ccc(N=[N+]=[N-])cc1)OCc1ccc(N=[N+]=[N-])cc1. The summed E-state index contributed by atoms with van der Waals surface area (Å²) in [7, 11) is 0. The summed E-state index contributed by atoms with van der Waals surface area (Å²) >= 11 is 0. The Hall–Kier alpha value is -4.53. The average Bonchev–Trinajstić information content (AvgIpc) is 2.96. The van der Waals surface area contributed by atoms with Crippen molar-refractivity contribution < 1.29 is 14.2 Å². The highest BCUT2D eigenvalue weighted by Gasteiger charge is 2.34. The third-order valence-corrected chi connectivity index (χ3v) is 5.75. The molecule has 0 bridgehead atoms. The number of ether oxygens (including phenoxy) is 3. The molecule has 3 aromatic carbocycles. The van der Waals surface area contributed by atoms with Crippen LogP contribution in [0, 0.1) is 0 Å². The minimum Gasteiger partial charge on any atom is -0.323 e. The Morgan fingerprint density at radius 2 is 0.897 bits per heavy atom. The molecule has 0 aromatic heterocycles. The number of nitrogens with zero attached hydrogens (tertiary/aromatic N) is 9. The first-order valence-electron chi connectivity index (χ1n) is 12.4. The molecule has 0 fully saturated rings. The van der Waals surface area contributed by atoms with Gasteiger partial charge >= 0.3 is 0 Å². The minimum absolute atomic E-state index is 0.203. The van der Waals surface area contributed by atoms with E-state index >= 15 is 0 Å². The standard InChI is InChI=1S/C27H29N9O3/c1-2-3-4-17-27(37-18-21-5-11-24(12-6-21)31-34-28,38-19-22-7-13-25(14-8-22)32-35-29)39-20-23-9-15-26(16-10-23)33-36-30/h5-16H,2-4,17-20H2,1H3. The number of hydrogen-bond donors (Lipinski definition) is 0.